The Bertz CT molecular complexity index is 790. The first kappa shape index (κ1) is 17.2. The number of rotatable bonds is 3. The number of nitrogens with one attached hydrogen (secondary N) is 1. The van der Waals surface area contributed by atoms with Crippen molar-refractivity contribution in [3.05, 3.63) is 41.0 Å². The fourth-order valence-corrected chi connectivity index (χ4v) is 5.34. The third-order valence-electron chi connectivity index (χ3n) is 6.86. The highest BCUT2D eigenvalue weighted by Gasteiger charge is 2.31. The fraction of sp³-hybridized carbons (Fsp3) is 0.636. The highest BCUT2D eigenvalue weighted by Crippen LogP contribution is 2.31. The Kier molecular flexibility index (Phi) is 4.64. The molecule has 1 aromatic heterocycles. The molecule has 1 unspecified atom stereocenters. The molecule has 144 valence electrons. The van der Waals surface area contributed by atoms with Crippen molar-refractivity contribution in [3.8, 4) is 0 Å². The SMILES string of the molecule is Cc1nc(C2CCCN(C3CCN(c4ccc5c(c4)CCC5)CC3)C2)n[nH]1. The predicted molar refractivity (Wildman–Crippen MR) is 108 cm³/mol. The van der Waals surface area contributed by atoms with Crippen molar-refractivity contribution in [3.63, 3.8) is 0 Å². The lowest BCUT2D eigenvalue weighted by atomic mass is 9.93. The Labute approximate surface area is 162 Å². The van der Waals surface area contributed by atoms with E-state index in [1.807, 2.05) is 6.92 Å². The van der Waals surface area contributed by atoms with Crippen LogP contribution in [-0.2, 0) is 12.8 Å². The van der Waals surface area contributed by atoms with Gasteiger partial charge in [-0.2, -0.15) is 5.10 Å². The highest BCUT2D eigenvalue weighted by atomic mass is 15.2. The van der Waals surface area contributed by atoms with E-state index < -0.39 is 0 Å². The second kappa shape index (κ2) is 7.27. The molecule has 0 amide bonds. The molecule has 0 bridgehead atoms. The average molecular weight is 366 g/mol. The van der Waals surface area contributed by atoms with E-state index in [-0.39, 0.29) is 0 Å². The zero-order valence-corrected chi connectivity index (χ0v) is 16.5. The quantitative estimate of drug-likeness (QED) is 0.905. The number of fused-ring (bicyclic) bond motifs is 1. The van der Waals surface area contributed by atoms with Crippen LogP contribution in [0, 0.1) is 6.92 Å². The Balaban J connectivity index is 1.20. The third kappa shape index (κ3) is 3.49. The van der Waals surface area contributed by atoms with Crippen LogP contribution in [0.5, 0.6) is 0 Å². The van der Waals surface area contributed by atoms with Gasteiger partial charge in [0.1, 0.15) is 5.82 Å². The number of likely N-dealkylation sites (tertiary alicyclic amines) is 1. The van der Waals surface area contributed by atoms with Gasteiger partial charge in [0, 0.05) is 37.3 Å². The molecule has 1 atom stereocenters. The highest BCUT2D eigenvalue weighted by molar-refractivity contribution is 5.52. The minimum absolute atomic E-state index is 0.499. The molecule has 5 nitrogen and oxygen atoms in total. The molecule has 0 spiro atoms. The summed E-state index contributed by atoms with van der Waals surface area (Å²) < 4.78 is 0. The number of hydrogen-bond acceptors (Lipinski definition) is 4. The van der Waals surface area contributed by atoms with Crippen molar-refractivity contribution >= 4 is 5.69 Å². The molecule has 2 aromatic rings. The van der Waals surface area contributed by atoms with Crippen molar-refractivity contribution in [2.24, 2.45) is 0 Å². The topological polar surface area (TPSA) is 48.1 Å². The third-order valence-corrected chi connectivity index (χ3v) is 6.86. The summed E-state index contributed by atoms with van der Waals surface area (Å²) in [6, 6.07) is 7.91. The van der Waals surface area contributed by atoms with Crippen LogP contribution >= 0.6 is 0 Å². The van der Waals surface area contributed by atoms with Crippen LogP contribution in [-0.4, -0.2) is 52.3 Å². The first-order valence-corrected chi connectivity index (χ1v) is 10.8. The first-order valence-electron chi connectivity index (χ1n) is 10.8. The maximum atomic E-state index is 4.59. The minimum Gasteiger partial charge on any atom is -0.371 e. The number of hydrogen-bond donors (Lipinski definition) is 1. The molecule has 5 rings (SSSR count). The van der Waals surface area contributed by atoms with Gasteiger partial charge in [-0.15, -0.1) is 0 Å². The van der Waals surface area contributed by atoms with Crippen LogP contribution in [0.4, 0.5) is 5.69 Å². The van der Waals surface area contributed by atoms with Crippen molar-refractivity contribution in [2.75, 3.05) is 31.1 Å². The standard InChI is InChI=1S/C22H31N5/c1-16-23-22(25-24-16)19-6-3-11-27(15-19)20-9-12-26(13-10-20)21-8-7-17-4-2-5-18(17)14-21/h7-8,14,19-20H,2-6,9-13,15H2,1H3,(H,23,24,25). The lowest BCUT2D eigenvalue weighted by molar-refractivity contribution is 0.126. The maximum Gasteiger partial charge on any atom is 0.155 e. The normalized spacial score (nSPS) is 24.3. The number of anilines is 1. The number of piperidine rings is 2. The van der Waals surface area contributed by atoms with E-state index in [0.717, 1.165) is 24.2 Å². The monoisotopic (exact) mass is 365 g/mol. The van der Waals surface area contributed by atoms with Crippen LogP contribution in [0.3, 0.4) is 0 Å². The predicted octanol–water partition coefficient (Wildman–Crippen LogP) is 3.45. The van der Waals surface area contributed by atoms with E-state index >= 15 is 0 Å². The van der Waals surface area contributed by atoms with Crippen molar-refractivity contribution in [1.82, 2.24) is 20.1 Å². The molecule has 0 radical (unpaired) electrons. The van der Waals surface area contributed by atoms with Gasteiger partial charge in [-0.25, -0.2) is 4.98 Å². The summed E-state index contributed by atoms with van der Waals surface area (Å²) >= 11 is 0. The number of H-pyrrole nitrogens is 1. The van der Waals surface area contributed by atoms with E-state index in [1.165, 1.54) is 70.3 Å². The zero-order valence-electron chi connectivity index (χ0n) is 16.5. The summed E-state index contributed by atoms with van der Waals surface area (Å²) in [5, 5.41) is 7.44. The molecule has 1 aliphatic carbocycles. The lowest BCUT2D eigenvalue weighted by Gasteiger charge is -2.42. The summed E-state index contributed by atoms with van der Waals surface area (Å²) in [4.78, 5) is 9.92. The lowest BCUT2D eigenvalue weighted by Crippen LogP contribution is -2.48. The Morgan fingerprint density at radius 3 is 2.67 bits per heavy atom. The molecule has 2 fully saturated rings. The number of aromatic amines is 1. The second-order valence-corrected chi connectivity index (χ2v) is 8.64. The van der Waals surface area contributed by atoms with Gasteiger partial charge in [0.25, 0.3) is 0 Å². The van der Waals surface area contributed by atoms with Crippen LogP contribution in [0.1, 0.15) is 60.8 Å². The number of nitrogens with zero attached hydrogens (tertiary/aromatic N) is 4. The van der Waals surface area contributed by atoms with Gasteiger partial charge in [-0.3, -0.25) is 10.00 Å². The van der Waals surface area contributed by atoms with Gasteiger partial charge in [0.05, 0.1) is 0 Å². The molecular formula is C22H31N5. The van der Waals surface area contributed by atoms with Gasteiger partial charge in [-0.1, -0.05) is 6.07 Å². The minimum atomic E-state index is 0.499. The van der Waals surface area contributed by atoms with Gasteiger partial charge in [0.15, 0.2) is 5.82 Å². The summed E-state index contributed by atoms with van der Waals surface area (Å²) in [5.74, 6) is 2.45. The molecule has 1 aromatic carbocycles. The van der Waals surface area contributed by atoms with Crippen LogP contribution in [0.2, 0.25) is 0 Å². The van der Waals surface area contributed by atoms with Crippen molar-refractivity contribution < 1.29 is 0 Å². The zero-order chi connectivity index (χ0) is 18.2. The Morgan fingerprint density at radius 1 is 1.00 bits per heavy atom. The van der Waals surface area contributed by atoms with Gasteiger partial charge < -0.3 is 4.90 Å². The van der Waals surface area contributed by atoms with Crippen LogP contribution < -0.4 is 4.90 Å². The molecule has 5 heteroatoms. The van der Waals surface area contributed by atoms with Gasteiger partial charge >= 0.3 is 0 Å². The number of aryl methyl sites for hydroxylation is 3. The Hall–Kier alpha value is -1.88. The Morgan fingerprint density at radius 2 is 1.85 bits per heavy atom. The van der Waals surface area contributed by atoms with Crippen molar-refractivity contribution in [1.29, 1.82) is 0 Å². The molecule has 3 heterocycles. The van der Waals surface area contributed by atoms with E-state index in [0.29, 0.717) is 5.92 Å². The average Bonchev–Trinajstić information content (AvgIpc) is 3.36. The smallest absolute Gasteiger partial charge is 0.155 e. The van der Waals surface area contributed by atoms with Gasteiger partial charge in [-0.05, 0) is 81.7 Å². The van der Waals surface area contributed by atoms with E-state index in [9.17, 15) is 0 Å². The van der Waals surface area contributed by atoms with E-state index in [4.69, 9.17) is 0 Å². The fourth-order valence-electron chi connectivity index (χ4n) is 5.34. The van der Waals surface area contributed by atoms with Crippen LogP contribution in [0.15, 0.2) is 18.2 Å². The molecule has 3 aliphatic rings. The molecular weight excluding hydrogens is 334 g/mol. The molecule has 1 N–H and O–H groups in total. The summed E-state index contributed by atoms with van der Waals surface area (Å²) in [6.45, 7) is 6.73. The molecule has 2 saturated heterocycles. The summed E-state index contributed by atoms with van der Waals surface area (Å²) in [6.07, 6.45) is 8.92. The van der Waals surface area contributed by atoms with E-state index in [1.54, 1.807) is 11.1 Å². The number of benzene rings is 1. The van der Waals surface area contributed by atoms with Crippen molar-refractivity contribution in [2.45, 2.75) is 63.8 Å². The molecule has 0 saturated carbocycles. The van der Waals surface area contributed by atoms with Crippen LogP contribution in [0.25, 0.3) is 0 Å². The largest absolute Gasteiger partial charge is 0.371 e. The van der Waals surface area contributed by atoms with Gasteiger partial charge in [0.2, 0.25) is 0 Å². The second-order valence-electron chi connectivity index (χ2n) is 8.64. The summed E-state index contributed by atoms with van der Waals surface area (Å²) in [7, 11) is 0. The molecule has 2 aliphatic heterocycles. The molecule has 27 heavy (non-hydrogen) atoms. The maximum absolute atomic E-state index is 4.59. The number of aromatic nitrogens is 3. The van der Waals surface area contributed by atoms with E-state index in [2.05, 4.69) is 43.2 Å². The first-order chi connectivity index (χ1) is 13.3. The summed E-state index contributed by atoms with van der Waals surface area (Å²) in [5.41, 5.74) is 4.62.